The van der Waals surface area contributed by atoms with Crippen molar-refractivity contribution in [2.75, 3.05) is 0 Å². The van der Waals surface area contributed by atoms with Gasteiger partial charge in [-0.1, -0.05) is 33.6 Å². The summed E-state index contributed by atoms with van der Waals surface area (Å²) >= 11 is 3.49. The predicted octanol–water partition coefficient (Wildman–Crippen LogP) is 3.76. The van der Waals surface area contributed by atoms with Crippen LogP contribution in [-0.4, -0.2) is 9.78 Å². The van der Waals surface area contributed by atoms with Crippen molar-refractivity contribution in [2.24, 2.45) is 0 Å². The van der Waals surface area contributed by atoms with E-state index < -0.39 is 0 Å². The number of aryl methyl sites for hydroxylation is 1. The lowest BCUT2D eigenvalue weighted by atomic mass is 10.1. The Morgan fingerprint density at radius 2 is 2.14 bits per heavy atom. The summed E-state index contributed by atoms with van der Waals surface area (Å²) in [5.41, 5.74) is 1.26. The Morgan fingerprint density at radius 3 is 2.71 bits per heavy atom. The first-order valence-electron chi connectivity index (χ1n) is 5.30. The summed E-state index contributed by atoms with van der Waals surface area (Å²) < 4.78 is 3.09. The average Bonchev–Trinajstić information content (AvgIpc) is 2.47. The molecule has 0 saturated heterocycles. The van der Waals surface area contributed by atoms with Crippen LogP contribution in [0.5, 0.6) is 0 Å². The minimum Gasteiger partial charge on any atom is -0.267 e. The minimum atomic E-state index is 0.504. The van der Waals surface area contributed by atoms with Crippen molar-refractivity contribution in [3.8, 4) is 0 Å². The summed E-state index contributed by atoms with van der Waals surface area (Å²) in [6.45, 7) is 7.61. The molecule has 0 unspecified atom stereocenters. The monoisotopic (exact) mass is 257 g/mol. The van der Waals surface area contributed by atoms with Crippen LogP contribution in [0.4, 0.5) is 0 Å². The van der Waals surface area contributed by atoms with E-state index in [0.717, 1.165) is 11.0 Å². The van der Waals surface area contributed by atoms with Gasteiger partial charge in [-0.15, -0.1) is 0 Å². The molecule has 1 radical (unpaired) electrons. The molecule has 3 heteroatoms. The molecule has 1 aromatic rings. The van der Waals surface area contributed by atoms with Crippen LogP contribution in [0.1, 0.15) is 51.6 Å². The Balaban J connectivity index is 2.66. The van der Waals surface area contributed by atoms with Gasteiger partial charge in [0.05, 0.1) is 10.2 Å². The van der Waals surface area contributed by atoms with Gasteiger partial charge in [0.2, 0.25) is 0 Å². The van der Waals surface area contributed by atoms with E-state index in [-0.39, 0.29) is 0 Å². The van der Waals surface area contributed by atoms with Crippen LogP contribution in [0.2, 0.25) is 0 Å². The first-order valence-corrected chi connectivity index (χ1v) is 6.10. The van der Waals surface area contributed by atoms with Crippen LogP contribution in [0.3, 0.4) is 0 Å². The van der Waals surface area contributed by atoms with Crippen molar-refractivity contribution in [3.63, 3.8) is 0 Å². The highest BCUT2D eigenvalue weighted by atomic mass is 79.9. The molecule has 1 aromatic heterocycles. The molecule has 0 aliphatic rings. The van der Waals surface area contributed by atoms with Crippen molar-refractivity contribution in [1.29, 1.82) is 0 Å². The van der Waals surface area contributed by atoms with Gasteiger partial charge >= 0.3 is 0 Å². The standard InChI is InChI=1S/C11H18BrN2/c1-4-5-6-7-14-11(9(2)3)10(12)8-13-14/h9H,4-7H2,1-3H3. The van der Waals surface area contributed by atoms with Crippen molar-refractivity contribution in [2.45, 2.75) is 52.5 Å². The summed E-state index contributed by atoms with van der Waals surface area (Å²) in [6.07, 6.45) is 6.71. The third-order valence-electron chi connectivity index (χ3n) is 2.29. The first-order chi connectivity index (χ1) is 6.66. The van der Waals surface area contributed by atoms with Gasteiger partial charge in [0.25, 0.3) is 0 Å². The van der Waals surface area contributed by atoms with Crippen molar-refractivity contribution in [1.82, 2.24) is 9.78 Å². The molecule has 2 nitrogen and oxygen atoms in total. The number of hydrogen-bond acceptors (Lipinski definition) is 1. The number of nitrogens with zero attached hydrogens (tertiary/aromatic N) is 2. The fourth-order valence-corrected chi connectivity index (χ4v) is 2.30. The van der Waals surface area contributed by atoms with Crippen LogP contribution < -0.4 is 0 Å². The minimum absolute atomic E-state index is 0.504. The molecule has 1 rings (SSSR count). The summed E-state index contributed by atoms with van der Waals surface area (Å²) in [7, 11) is 0. The third-order valence-corrected chi connectivity index (χ3v) is 2.88. The van der Waals surface area contributed by atoms with Crippen LogP contribution in [0.25, 0.3) is 0 Å². The van der Waals surface area contributed by atoms with E-state index in [2.05, 4.69) is 52.7 Å². The SMILES string of the molecule is CCCCCn1n[c]c(Br)c1C(C)C. The smallest absolute Gasteiger partial charge is 0.128 e. The molecule has 0 fully saturated rings. The van der Waals surface area contributed by atoms with E-state index in [4.69, 9.17) is 0 Å². The summed E-state index contributed by atoms with van der Waals surface area (Å²) in [4.78, 5) is 0. The third kappa shape index (κ3) is 2.84. The summed E-state index contributed by atoms with van der Waals surface area (Å²) in [6, 6.07) is 0. The summed E-state index contributed by atoms with van der Waals surface area (Å²) in [5, 5.41) is 4.25. The maximum atomic E-state index is 4.25. The van der Waals surface area contributed by atoms with E-state index >= 15 is 0 Å². The molecule has 0 atom stereocenters. The Labute approximate surface area is 94.8 Å². The predicted molar refractivity (Wildman–Crippen MR) is 62.4 cm³/mol. The van der Waals surface area contributed by atoms with Crippen molar-refractivity contribution in [3.05, 3.63) is 16.4 Å². The van der Waals surface area contributed by atoms with E-state index in [1.807, 2.05) is 0 Å². The highest BCUT2D eigenvalue weighted by Crippen LogP contribution is 2.23. The van der Waals surface area contributed by atoms with E-state index in [1.165, 1.54) is 25.0 Å². The normalized spacial score (nSPS) is 11.2. The zero-order valence-corrected chi connectivity index (χ0v) is 10.8. The van der Waals surface area contributed by atoms with Gasteiger partial charge in [-0.05, 0) is 28.3 Å². The van der Waals surface area contributed by atoms with Gasteiger partial charge in [0.15, 0.2) is 0 Å². The molecule has 0 bridgehead atoms. The zero-order chi connectivity index (χ0) is 10.6. The molecule has 0 aliphatic carbocycles. The molecule has 0 aliphatic heterocycles. The van der Waals surface area contributed by atoms with Crippen LogP contribution in [-0.2, 0) is 6.54 Å². The summed E-state index contributed by atoms with van der Waals surface area (Å²) in [5.74, 6) is 0.504. The Morgan fingerprint density at radius 1 is 1.43 bits per heavy atom. The van der Waals surface area contributed by atoms with Crippen LogP contribution in [0.15, 0.2) is 4.47 Å². The van der Waals surface area contributed by atoms with Gasteiger partial charge < -0.3 is 0 Å². The van der Waals surface area contributed by atoms with Crippen LogP contribution >= 0.6 is 15.9 Å². The molecule has 1 heterocycles. The highest BCUT2D eigenvalue weighted by molar-refractivity contribution is 9.10. The lowest BCUT2D eigenvalue weighted by Gasteiger charge is -2.10. The van der Waals surface area contributed by atoms with Gasteiger partial charge in [-0.2, -0.15) is 5.10 Å². The molecular weight excluding hydrogens is 240 g/mol. The van der Waals surface area contributed by atoms with Crippen molar-refractivity contribution >= 4 is 15.9 Å². The van der Waals surface area contributed by atoms with Gasteiger partial charge in [-0.25, -0.2) is 0 Å². The highest BCUT2D eigenvalue weighted by Gasteiger charge is 2.11. The number of unbranched alkanes of at least 4 members (excludes halogenated alkanes) is 2. The number of hydrogen-bond donors (Lipinski definition) is 0. The topological polar surface area (TPSA) is 17.8 Å². The molecule has 14 heavy (non-hydrogen) atoms. The number of halogens is 1. The lowest BCUT2D eigenvalue weighted by Crippen LogP contribution is -2.06. The zero-order valence-electron chi connectivity index (χ0n) is 9.18. The van der Waals surface area contributed by atoms with E-state index in [9.17, 15) is 0 Å². The van der Waals surface area contributed by atoms with Gasteiger partial charge in [0.1, 0.15) is 6.20 Å². The molecule has 0 amide bonds. The number of rotatable bonds is 5. The van der Waals surface area contributed by atoms with Crippen molar-refractivity contribution < 1.29 is 0 Å². The van der Waals surface area contributed by atoms with Gasteiger partial charge in [-0.3, -0.25) is 4.68 Å². The molecule has 0 saturated carbocycles. The molecule has 0 N–H and O–H groups in total. The quantitative estimate of drug-likeness (QED) is 0.735. The molecule has 79 valence electrons. The molecule has 0 spiro atoms. The van der Waals surface area contributed by atoms with E-state index in [0.29, 0.717) is 5.92 Å². The second-order valence-electron chi connectivity index (χ2n) is 3.90. The Hall–Kier alpha value is -0.310. The van der Waals surface area contributed by atoms with E-state index in [1.54, 1.807) is 0 Å². The first kappa shape index (κ1) is 11.8. The van der Waals surface area contributed by atoms with Crippen LogP contribution in [0, 0.1) is 6.20 Å². The van der Waals surface area contributed by atoms with Gasteiger partial charge in [0, 0.05) is 6.54 Å². The Bertz CT molecular complexity index is 279. The second-order valence-corrected chi connectivity index (χ2v) is 4.69. The fraction of sp³-hybridized carbons (Fsp3) is 0.727. The fourth-order valence-electron chi connectivity index (χ4n) is 1.56. The second kappa shape index (κ2) is 5.54. The largest absolute Gasteiger partial charge is 0.267 e. The maximum absolute atomic E-state index is 4.25. The number of aromatic nitrogens is 2. The maximum Gasteiger partial charge on any atom is 0.128 e. The Kier molecular flexibility index (Phi) is 4.66. The molecular formula is C11H18BrN2. The average molecular weight is 258 g/mol. The molecule has 0 aromatic carbocycles. The lowest BCUT2D eigenvalue weighted by molar-refractivity contribution is 0.521.